The van der Waals surface area contributed by atoms with Gasteiger partial charge in [-0.2, -0.15) is 5.10 Å². The topological polar surface area (TPSA) is 46.5 Å². The largest absolute Gasteiger partial charge is 0.293 e. The second-order valence-electron chi connectivity index (χ2n) is 3.07. The summed E-state index contributed by atoms with van der Waals surface area (Å²) >= 11 is 4.88. The molecule has 0 bridgehead atoms. The number of nitrogens with one attached hydrogen (secondary N) is 1. The monoisotopic (exact) mass is 242 g/mol. The molecule has 0 saturated heterocycles. The van der Waals surface area contributed by atoms with Crippen molar-refractivity contribution in [3.8, 4) is 11.5 Å². The Bertz CT molecular complexity index is 520. The highest BCUT2D eigenvalue weighted by molar-refractivity contribution is 7.71. The van der Waals surface area contributed by atoms with Crippen LogP contribution in [0.15, 0.2) is 24.4 Å². The van der Waals surface area contributed by atoms with Crippen LogP contribution in [-0.2, 0) is 6.54 Å². The van der Waals surface area contributed by atoms with E-state index in [-0.39, 0.29) is 4.77 Å². The van der Waals surface area contributed by atoms with Gasteiger partial charge < -0.3 is 0 Å². The smallest absolute Gasteiger partial charge is 0.256 e. The van der Waals surface area contributed by atoms with Crippen LogP contribution in [0, 0.1) is 4.77 Å². The number of aromatic amines is 1. The van der Waals surface area contributed by atoms with Crippen molar-refractivity contribution in [2.75, 3.05) is 0 Å². The molecule has 4 nitrogen and oxygen atoms in total. The molecule has 0 fully saturated rings. The Morgan fingerprint density at radius 1 is 1.44 bits per heavy atom. The summed E-state index contributed by atoms with van der Waals surface area (Å²) in [4.78, 5) is 4.04. The van der Waals surface area contributed by atoms with E-state index in [0.29, 0.717) is 11.5 Å². The predicted octanol–water partition coefficient (Wildman–Crippen LogP) is 2.27. The summed E-state index contributed by atoms with van der Waals surface area (Å²) in [6, 6.07) is 5.18. The van der Waals surface area contributed by atoms with Gasteiger partial charge in [-0.3, -0.25) is 14.6 Å². The number of alkyl halides is 2. The number of halogens is 2. The fourth-order valence-electron chi connectivity index (χ4n) is 1.32. The van der Waals surface area contributed by atoms with Gasteiger partial charge in [0.1, 0.15) is 5.69 Å². The Morgan fingerprint density at radius 2 is 2.25 bits per heavy atom. The van der Waals surface area contributed by atoms with Gasteiger partial charge in [0, 0.05) is 6.20 Å². The maximum absolute atomic E-state index is 12.3. The number of hydrogen-bond donors (Lipinski definition) is 1. The van der Waals surface area contributed by atoms with Crippen molar-refractivity contribution in [2.24, 2.45) is 0 Å². The lowest BCUT2D eigenvalue weighted by Crippen LogP contribution is -2.08. The van der Waals surface area contributed by atoms with Gasteiger partial charge in [0.15, 0.2) is 10.6 Å². The maximum atomic E-state index is 12.3. The van der Waals surface area contributed by atoms with Crippen molar-refractivity contribution in [1.82, 2.24) is 19.7 Å². The molecule has 0 saturated carbocycles. The van der Waals surface area contributed by atoms with E-state index in [1.54, 1.807) is 24.4 Å². The molecule has 0 amide bonds. The molecule has 0 aliphatic rings. The minimum Gasteiger partial charge on any atom is -0.293 e. The summed E-state index contributed by atoms with van der Waals surface area (Å²) in [5.74, 6) is 0.325. The zero-order valence-corrected chi connectivity index (χ0v) is 8.92. The maximum Gasteiger partial charge on any atom is 0.256 e. The highest BCUT2D eigenvalue weighted by atomic mass is 32.1. The zero-order valence-electron chi connectivity index (χ0n) is 8.10. The van der Waals surface area contributed by atoms with Crippen LogP contribution in [0.3, 0.4) is 0 Å². The lowest BCUT2D eigenvalue weighted by Gasteiger charge is -2.04. The van der Waals surface area contributed by atoms with E-state index in [9.17, 15) is 8.78 Å². The van der Waals surface area contributed by atoms with Crippen LogP contribution in [-0.4, -0.2) is 26.2 Å². The van der Waals surface area contributed by atoms with Crippen LogP contribution in [0.5, 0.6) is 0 Å². The quantitative estimate of drug-likeness (QED) is 0.840. The minimum absolute atomic E-state index is 0.168. The number of pyridine rings is 1. The molecule has 0 aliphatic heterocycles. The SMILES string of the molecule is FC(F)Cn1c(-c2ccccn2)n[nH]c1=S. The second kappa shape index (κ2) is 4.48. The van der Waals surface area contributed by atoms with Crippen molar-refractivity contribution in [3.63, 3.8) is 0 Å². The summed E-state index contributed by atoms with van der Waals surface area (Å²) in [5, 5.41) is 6.37. The van der Waals surface area contributed by atoms with Gasteiger partial charge in [-0.1, -0.05) is 6.07 Å². The number of nitrogens with zero attached hydrogens (tertiary/aromatic N) is 3. The third-order valence-corrected chi connectivity index (χ3v) is 2.28. The van der Waals surface area contributed by atoms with Gasteiger partial charge in [0.05, 0.1) is 6.54 Å². The van der Waals surface area contributed by atoms with Gasteiger partial charge in [0.25, 0.3) is 6.43 Å². The second-order valence-corrected chi connectivity index (χ2v) is 3.46. The van der Waals surface area contributed by atoms with Gasteiger partial charge in [0.2, 0.25) is 0 Å². The molecule has 2 heterocycles. The molecular weight excluding hydrogens is 234 g/mol. The van der Waals surface area contributed by atoms with E-state index in [2.05, 4.69) is 15.2 Å². The Morgan fingerprint density at radius 3 is 2.88 bits per heavy atom. The lowest BCUT2D eigenvalue weighted by molar-refractivity contribution is 0.126. The van der Waals surface area contributed by atoms with Crippen LogP contribution in [0.1, 0.15) is 0 Å². The van der Waals surface area contributed by atoms with Crippen molar-refractivity contribution >= 4 is 12.2 Å². The molecule has 0 radical (unpaired) electrons. The van der Waals surface area contributed by atoms with Crippen molar-refractivity contribution in [2.45, 2.75) is 13.0 Å². The molecular formula is C9H8F2N4S. The number of H-pyrrole nitrogens is 1. The molecule has 2 aromatic rings. The summed E-state index contributed by atoms with van der Waals surface area (Å²) in [6.45, 7) is -0.485. The summed E-state index contributed by atoms with van der Waals surface area (Å²) in [5.41, 5.74) is 0.510. The van der Waals surface area contributed by atoms with E-state index >= 15 is 0 Å². The first-order valence-corrected chi connectivity index (χ1v) is 4.94. The van der Waals surface area contributed by atoms with Crippen LogP contribution in [0.4, 0.5) is 8.78 Å². The normalized spacial score (nSPS) is 10.9. The van der Waals surface area contributed by atoms with Gasteiger partial charge in [-0.15, -0.1) is 0 Å². The molecule has 0 spiro atoms. The molecule has 1 N–H and O–H groups in total. The van der Waals surface area contributed by atoms with E-state index in [4.69, 9.17) is 12.2 Å². The summed E-state index contributed by atoms with van der Waals surface area (Å²) in [7, 11) is 0. The van der Waals surface area contributed by atoms with Crippen LogP contribution >= 0.6 is 12.2 Å². The fourth-order valence-corrected chi connectivity index (χ4v) is 1.52. The van der Waals surface area contributed by atoms with Crippen LogP contribution in [0.25, 0.3) is 11.5 Å². The van der Waals surface area contributed by atoms with E-state index in [0.717, 1.165) is 0 Å². The van der Waals surface area contributed by atoms with Crippen molar-refractivity contribution < 1.29 is 8.78 Å². The minimum atomic E-state index is -2.48. The average Bonchev–Trinajstić information content (AvgIpc) is 2.61. The van der Waals surface area contributed by atoms with Gasteiger partial charge in [-0.25, -0.2) is 8.78 Å². The van der Waals surface area contributed by atoms with Gasteiger partial charge >= 0.3 is 0 Å². The summed E-state index contributed by atoms with van der Waals surface area (Å²) < 4.78 is 26.1. The van der Waals surface area contributed by atoms with Crippen LogP contribution < -0.4 is 0 Å². The van der Waals surface area contributed by atoms with E-state index in [1.165, 1.54) is 4.57 Å². The molecule has 0 unspecified atom stereocenters. The molecule has 7 heteroatoms. The third-order valence-electron chi connectivity index (χ3n) is 1.97. The average molecular weight is 242 g/mol. The number of hydrogen-bond acceptors (Lipinski definition) is 3. The molecule has 0 aliphatic carbocycles. The highest BCUT2D eigenvalue weighted by Crippen LogP contribution is 2.15. The molecule has 2 aromatic heterocycles. The Hall–Kier alpha value is -1.63. The fraction of sp³-hybridized carbons (Fsp3) is 0.222. The van der Waals surface area contributed by atoms with E-state index < -0.39 is 13.0 Å². The summed E-state index contributed by atoms with van der Waals surface area (Å²) in [6.07, 6.45) is -0.911. The standard InChI is InChI=1S/C9H8F2N4S/c10-7(11)5-15-8(13-14-9(15)16)6-3-1-2-4-12-6/h1-4,7H,5H2,(H,14,16). The van der Waals surface area contributed by atoms with Crippen molar-refractivity contribution in [3.05, 3.63) is 29.2 Å². The molecule has 84 valence electrons. The van der Waals surface area contributed by atoms with E-state index in [1.807, 2.05) is 0 Å². The van der Waals surface area contributed by atoms with Gasteiger partial charge in [-0.05, 0) is 24.4 Å². The zero-order chi connectivity index (χ0) is 11.5. The first kappa shape index (κ1) is 10.9. The molecule has 0 atom stereocenters. The first-order valence-electron chi connectivity index (χ1n) is 4.53. The Balaban J connectivity index is 2.46. The highest BCUT2D eigenvalue weighted by Gasteiger charge is 2.13. The lowest BCUT2D eigenvalue weighted by atomic mass is 10.3. The Labute approximate surface area is 95.0 Å². The Kier molecular flexibility index (Phi) is 3.04. The van der Waals surface area contributed by atoms with Crippen molar-refractivity contribution in [1.29, 1.82) is 0 Å². The first-order chi connectivity index (χ1) is 7.68. The molecule has 0 aromatic carbocycles. The van der Waals surface area contributed by atoms with Crippen LogP contribution in [0.2, 0.25) is 0 Å². The third kappa shape index (κ3) is 2.13. The predicted molar refractivity (Wildman–Crippen MR) is 56.6 cm³/mol. The number of rotatable bonds is 3. The molecule has 16 heavy (non-hydrogen) atoms. The number of aromatic nitrogens is 4. The molecule has 2 rings (SSSR count).